The minimum atomic E-state index is -3.65. The number of nitrogens with zero attached hydrogens (tertiary/aromatic N) is 3. The second kappa shape index (κ2) is 9.01. The van der Waals surface area contributed by atoms with Gasteiger partial charge in [0.25, 0.3) is 11.5 Å². The Morgan fingerprint density at radius 3 is 2.41 bits per heavy atom. The van der Waals surface area contributed by atoms with E-state index in [4.69, 9.17) is 0 Å². The van der Waals surface area contributed by atoms with E-state index in [0.717, 1.165) is 23.9 Å². The van der Waals surface area contributed by atoms with Crippen LogP contribution in [-0.4, -0.2) is 41.5 Å². The van der Waals surface area contributed by atoms with Crippen molar-refractivity contribution in [1.29, 1.82) is 0 Å². The van der Waals surface area contributed by atoms with Gasteiger partial charge in [-0.25, -0.2) is 12.8 Å². The van der Waals surface area contributed by atoms with Gasteiger partial charge in [-0.05, 0) is 61.4 Å². The molecule has 1 N–H and O–H groups in total. The van der Waals surface area contributed by atoms with Gasteiger partial charge in [-0.15, -0.1) is 0 Å². The molecule has 1 fully saturated rings. The number of amides is 1. The second-order valence-corrected chi connectivity index (χ2v) is 9.33. The third-order valence-corrected chi connectivity index (χ3v) is 7.04. The summed E-state index contributed by atoms with van der Waals surface area (Å²) in [5.74, 6) is -1.08. The van der Waals surface area contributed by atoms with Crippen LogP contribution < -0.4 is 10.9 Å². The van der Waals surface area contributed by atoms with Crippen molar-refractivity contribution in [3.63, 3.8) is 0 Å². The van der Waals surface area contributed by atoms with E-state index in [2.05, 4.69) is 10.4 Å². The monoisotopic (exact) mass is 456 g/mol. The molecule has 1 aromatic heterocycles. The van der Waals surface area contributed by atoms with Gasteiger partial charge in [-0.3, -0.25) is 9.59 Å². The van der Waals surface area contributed by atoms with E-state index < -0.39 is 27.3 Å². The highest BCUT2D eigenvalue weighted by atomic mass is 32.2. The van der Waals surface area contributed by atoms with Gasteiger partial charge in [0.2, 0.25) is 10.0 Å². The zero-order chi connectivity index (χ0) is 22.7. The Bertz CT molecular complexity index is 1300. The first-order valence-corrected chi connectivity index (χ1v) is 11.6. The van der Waals surface area contributed by atoms with Gasteiger partial charge in [0.1, 0.15) is 11.5 Å². The van der Waals surface area contributed by atoms with Crippen LogP contribution in [-0.2, 0) is 10.0 Å². The smallest absolute Gasteiger partial charge is 0.276 e. The standard InChI is InChI=1S/C22H21FN4O4S/c23-16-7-9-18(10-8-16)27-21(28)12-11-20(25-27)22(29)24-17-5-4-6-19(15-17)32(30,31)26-13-2-1-3-14-26/h4-12,15H,1-3,13-14H2,(H,24,29). The quantitative estimate of drug-likeness (QED) is 0.636. The number of anilines is 1. The van der Waals surface area contributed by atoms with Crippen LogP contribution in [0.15, 0.2) is 70.4 Å². The first kappa shape index (κ1) is 21.8. The average molecular weight is 456 g/mol. The van der Waals surface area contributed by atoms with Gasteiger partial charge < -0.3 is 5.32 Å². The molecule has 166 valence electrons. The van der Waals surface area contributed by atoms with Crippen molar-refractivity contribution in [2.24, 2.45) is 0 Å². The van der Waals surface area contributed by atoms with Crippen molar-refractivity contribution >= 4 is 21.6 Å². The molecular weight excluding hydrogens is 435 g/mol. The molecule has 0 radical (unpaired) electrons. The van der Waals surface area contributed by atoms with Crippen LogP contribution in [0.2, 0.25) is 0 Å². The topological polar surface area (TPSA) is 101 Å². The lowest BCUT2D eigenvalue weighted by Gasteiger charge is -2.26. The highest BCUT2D eigenvalue weighted by Gasteiger charge is 2.26. The summed E-state index contributed by atoms with van der Waals surface area (Å²) in [6.07, 6.45) is 2.66. The summed E-state index contributed by atoms with van der Waals surface area (Å²) in [6, 6.07) is 13.6. The van der Waals surface area contributed by atoms with Crippen molar-refractivity contribution in [2.75, 3.05) is 18.4 Å². The number of hydrogen-bond donors (Lipinski definition) is 1. The molecule has 10 heteroatoms. The molecule has 0 spiro atoms. The van der Waals surface area contributed by atoms with Crippen molar-refractivity contribution in [2.45, 2.75) is 24.2 Å². The zero-order valence-electron chi connectivity index (χ0n) is 17.1. The summed E-state index contributed by atoms with van der Waals surface area (Å²) in [5.41, 5.74) is 0.0519. The molecule has 3 aromatic rings. The molecule has 4 rings (SSSR count). The zero-order valence-corrected chi connectivity index (χ0v) is 17.9. The van der Waals surface area contributed by atoms with Gasteiger partial charge >= 0.3 is 0 Å². The molecule has 0 saturated carbocycles. The average Bonchev–Trinajstić information content (AvgIpc) is 2.81. The molecule has 0 bridgehead atoms. The predicted octanol–water partition coefficient (Wildman–Crippen LogP) is 2.80. The summed E-state index contributed by atoms with van der Waals surface area (Å²) in [5, 5.41) is 6.68. The highest BCUT2D eigenvalue weighted by Crippen LogP contribution is 2.23. The lowest BCUT2D eigenvalue weighted by atomic mass is 10.2. The first-order valence-electron chi connectivity index (χ1n) is 10.1. The summed E-state index contributed by atoms with van der Waals surface area (Å²) in [6.45, 7) is 0.960. The van der Waals surface area contributed by atoms with Gasteiger partial charge in [-0.1, -0.05) is 12.5 Å². The van der Waals surface area contributed by atoms with Crippen LogP contribution in [0.1, 0.15) is 29.8 Å². The van der Waals surface area contributed by atoms with E-state index in [1.165, 1.54) is 52.8 Å². The SMILES string of the molecule is O=C(Nc1cccc(S(=O)(=O)N2CCCCC2)c1)c1ccc(=O)n(-c2ccc(F)cc2)n1. The van der Waals surface area contributed by atoms with Crippen LogP contribution in [0, 0.1) is 5.82 Å². The number of nitrogens with one attached hydrogen (secondary N) is 1. The fraction of sp³-hybridized carbons (Fsp3) is 0.227. The van der Waals surface area contributed by atoms with Crippen LogP contribution in [0.5, 0.6) is 0 Å². The third-order valence-electron chi connectivity index (χ3n) is 5.15. The minimum Gasteiger partial charge on any atom is -0.321 e. The minimum absolute atomic E-state index is 0.0572. The Balaban J connectivity index is 1.57. The molecule has 1 aliphatic heterocycles. The fourth-order valence-corrected chi connectivity index (χ4v) is 5.05. The molecule has 8 nitrogen and oxygen atoms in total. The van der Waals surface area contributed by atoms with E-state index in [0.29, 0.717) is 18.8 Å². The lowest BCUT2D eigenvalue weighted by molar-refractivity contribution is 0.102. The molecule has 1 saturated heterocycles. The maximum Gasteiger partial charge on any atom is 0.276 e. The maximum absolute atomic E-state index is 13.2. The second-order valence-electron chi connectivity index (χ2n) is 7.39. The van der Waals surface area contributed by atoms with Crippen molar-refractivity contribution < 1.29 is 17.6 Å². The molecular formula is C22H21FN4O4S. The molecule has 0 unspecified atom stereocenters. The van der Waals surface area contributed by atoms with Crippen molar-refractivity contribution in [3.8, 4) is 5.69 Å². The Morgan fingerprint density at radius 2 is 1.69 bits per heavy atom. The molecule has 0 aliphatic carbocycles. The number of rotatable bonds is 5. The lowest BCUT2D eigenvalue weighted by Crippen LogP contribution is -2.35. The molecule has 32 heavy (non-hydrogen) atoms. The van der Waals surface area contributed by atoms with Crippen molar-refractivity contribution in [3.05, 3.63) is 82.5 Å². The normalized spacial score (nSPS) is 14.8. The summed E-state index contributed by atoms with van der Waals surface area (Å²) in [4.78, 5) is 25.0. The summed E-state index contributed by atoms with van der Waals surface area (Å²) in [7, 11) is -3.65. The van der Waals surface area contributed by atoms with Gasteiger partial charge in [0.05, 0.1) is 10.6 Å². The molecule has 2 aromatic carbocycles. The Hall–Kier alpha value is -3.37. The van der Waals surface area contributed by atoms with Gasteiger partial charge in [-0.2, -0.15) is 14.1 Å². The Kier molecular flexibility index (Phi) is 6.15. The number of carbonyl (C=O) groups is 1. The maximum atomic E-state index is 13.2. The highest BCUT2D eigenvalue weighted by molar-refractivity contribution is 7.89. The van der Waals surface area contributed by atoms with E-state index in [1.54, 1.807) is 12.1 Å². The number of benzene rings is 2. The summed E-state index contributed by atoms with van der Waals surface area (Å²) >= 11 is 0. The van der Waals surface area contributed by atoms with Crippen molar-refractivity contribution in [1.82, 2.24) is 14.1 Å². The van der Waals surface area contributed by atoms with E-state index in [1.807, 2.05) is 0 Å². The van der Waals surface area contributed by atoms with Crippen LogP contribution >= 0.6 is 0 Å². The molecule has 0 atom stereocenters. The summed E-state index contributed by atoms with van der Waals surface area (Å²) < 4.78 is 41.4. The number of sulfonamides is 1. The molecule has 1 aliphatic rings. The third kappa shape index (κ3) is 4.61. The number of carbonyl (C=O) groups excluding carboxylic acids is 1. The predicted molar refractivity (Wildman–Crippen MR) is 117 cm³/mol. The van der Waals surface area contributed by atoms with Gasteiger partial charge in [0, 0.05) is 24.8 Å². The first-order chi connectivity index (χ1) is 15.3. The number of hydrogen-bond acceptors (Lipinski definition) is 5. The van der Waals surface area contributed by atoms with Crippen LogP contribution in [0.4, 0.5) is 10.1 Å². The molecule has 2 heterocycles. The van der Waals surface area contributed by atoms with E-state index in [-0.39, 0.29) is 16.3 Å². The van der Waals surface area contributed by atoms with Crippen LogP contribution in [0.3, 0.4) is 0 Å². The van der Waals surface area contributed by atoms with E-state index in [9.17, 15) is 22.4 Å². The van der Waals surface area contributed by atoms with Crippen LogP contribution in [0.25, 0.3) is 5.69 Å². The molecule has 1 amide bonds. The fourth-order valence-electron chi connectivity index (χ4n) is 3.48. The van der Waals surface area contributed by atoms with Gasteiger partial charge in [0.15, 0.2) is 0 Å². The number of aromatic nitrogens is 2. The Labute approximate surface area is 184 Å². The largest absolute Gasteiger partial charge is 0.321 e. The number of piperidine rings is 1. The number of halogens is 1. The Morgan fingerprint density at radius 1 is 0.969 bits per heavy atom. The van der Waals surface area contributed by atoms with E-state index >= 15 is 0 Å².